The number of hydrogen-bond donors (Lipinski definition) is 1. The number of aliphatic hydroxyl groups excluding tert-OH is 1. The molecular weight excluding hydrogens is 320 g/mol. The molecule has 1 amide bonds. The Morgan fingerprint density at radius 1 is 1.12 bits per heavy atom. The summed E-state index contributed by atoms with van der Waals surface area (Å²) in [6.45, 7) is 2.87. The van der Waals surface area contributed by atoms with Crippen molar-refractivity contribution >= 4 is 5.91 Å². The summed E-state index contributed by atoms with van der Waals surface area (Å²) in [5.41, 5.74) is 0.543. The topological polar surface area (TPSA) is 62.2 Å². The van der Waals surface area contributed by atoms with Gasteiger partial charge in [0, 0.05) is 24.4 Å². The number of hydrogen-bond acceptors (Lipinski definition) is 5. The van der Waals surface area contributed by atoms with E-state index in [-0.39, 0.29) is 25.2 Å². The van der Waals surface area contributed by atoms with E-state index in [9.17, 15) is 9.90 Å². The Bertz CT molecular complexity index is 594. The molecule has 1 N–H and O–H groups in total. The fourth-order valence-electron chi connectivity index (χ4n) is 3.84. The van der Waals surface area contributed by atoms with Gasteiger partial charge in [-0.05, 0) is 50.2 Å². The lowest BCUT2D eigenvalue weighted by Crippen LogP contribution is -2.50. The maximum absolute atomic E-state index is 12.3. The van der Waals surface area contributed by atoms with Gasteiger partial charge in [0.05, 0.1) is 6.54 Å². The van der Waals surface area contributed by atoms with E-state index in [1.165, 1.54) is 37.4 Å². The fraction of sp³-hybridized carbons (Fsp3) is 0.632. The van der Waals surface area contributed by atoms with Gasteiger partial charge in [-0.3, -0.25) is 9.63 Å². The van der Waals surface area contributed by atoms with Gasteiger partial charge in [0.1, 0.15) is 24.6 Å². The second-order valence-electron chi connectivity index (χ2n) is 7.30. The number of ether oxygens (including phenoxy) is 1. The van der Waals surface area contributed by atoms with E-state index in [4.69, 9.17) is 9.57 Å². The van der Waals surface area contributed by atoms with Crippen LogP contribution < -0.4 is 4.74 Å². The third kappa shape index (κ3) is 3.81. The second-order valence-corrected chi connectivity index (χ2v) is 7.30. The van der Waals surface area contributed by atoms with Crippen molar-refractivity contribution in [1.29, 1.82) is 0 Å². The summed E-state index contributed by atoms with van der Waals surface area (Å²) >= 11 is 0. The highest BCUT2D eigenvalue weighted by Gasteiger charge is 2.35. The summed E-state index contributed by atoms with van der Waals surface area (Å²) in [6.07, 6.45) is 5.91. The van der Waals surface area contributed by atoms with Crippen LogP contribution in [0.4, 0.5) is 0 Å². The molecule has 1 unspecified atom stereocenters. The number of aliphatic hydroxyl groups is 1. The first kappa shape index (κ1) is 16.8. The maximum atomic E-state index is 12.3. The van der Waals surface area contributed by atoms with Crippen molar-refractivity contribution in [1.82, 2.24) is 9.96 Å². The van der Waals surface area contributed by atoms with Crippen molar-refractivity contribution in [3.8, 4) is 5.75 Å². The SMILES string of the molecule is O=C(c1ccc(O[C@H]2C[C@H](N3CCCCC3)C2)cc1)N1CC(O)CO1. The van der Waals surface area contributed by atoms with Crippen molar-refractivity contribution in [3.05, 3.63) is 29.8 Å². The van der Waals surface area contributed by atoms with Crippen LogP contribution in [0.25, 0.3) is 0 Å². The van der Waals surface area contributed by atoms with Crippen LogP contribution in [0.1, 0.15) is 42.5 Å². The Hall–Kier alpha value is -1.63. The van der Waals surface area contributed by atoms with Gasteiger partial charge in [0.25, 0.3) is 5.91 Å². The molecule has 1 saturated carbocycles. The van der Waals surface area contributed by atoms with Crippen LogP contribution in [0.3, 0.4) is 0 Å². The number of β-amino-alcohol motifs (C(OH)–C–C–N with tert-alkyl or cyclic N) is 1. The zero-order chi connectivity index (χ0) is 17.2. The van der Waals surface area contributed by atoms with Crippen LogP contribution in [0.5, 0.6) is 5.75 Å². The molecule has 1 aliphatic carbocycles. The number of amides is 1. The van der Waals surface area contributed by atoms with Crippen LogP contribution in [0.2, 0.25) is 0 Å². The van der Waals surface area contributed by atoms with Gasteiger partial charge in [-0.25, -0.2) is 5.06 Å². The molecule has 1 atom stereocenters. The molecule has 136 valence electrons. The minimum Gasteiger partial charge on any atom is -0.490 e. The lowest BCUT2D eigenvalue weighted by molar-refractivity contribution is -0.0779. The van der Waals surface area contributed by atoms with Gasteiger partial charge >= 0.3 is 0 Å². The van der Waals surface area contributed by atoms with E-state index in [0.717, 1.165) is 18.6 Å². The predicted octanol–water partition coefficient (Wildman–Crippen LogP) is 1.83. The normalized spacial score (nSPS) is 30.1. The van der Waals surface area contributed by atoms with E-state index in [1.54, 1.807) is 12.1 Å². The van der Waals surface area contributed by atoms with Gasteiger partial charge in [0.2, 0.25) is 0 Å². The lowest BCUT2D eigenvalue weighted by atomic mass is 9.86. The Kier molecular flexibility index (Phi) is 4.92. The summed E-state index contributed by atoms with van der Waals surface area (Å²) in [6, 6.07) is 7.88. The van der Waals surface area contributed by atoms with Crippen LogP contribution in [0.15, 0.2) is 24.3 Å². The highest BCUT2D eigenvalue weighted by molar-refractivity contribution is 5.93. The molecule has 25 heavy (non-hydrogen) atoms. The Morgan fingerprint density at radius 3 is 2.48 bits per heavy atom. The average molecular weight is 346 g/mol. The molecule has 1 aromatic carbocycles. The van der Waals surface area contributed by atoms with Crippen molar-refractivity contribution in [2.45, 2.75) is 50.4 Å². The molecule has 1 aromatic rings. The molecule has 0 bridgehead atoms. The first-order chi connectivity index (χ1) is 12.2. The number of hydroxylamine groups is 2. The van der Waals surface area contributed by atoms with Gasteiger partial charge in [0.15, 0.2) is 0 Å². The molecule has 2 aliphatic heterocycles. The number of nitrogens with zero attached hydrogens (tertiary/aromatic N) is 2. The number of benzene rings is 1. The Morgan fingerprint density at radius 2 is 1.84 bits per heavy atom. The summed E-state index contributed by atoms with van der Waals surface area (Å²) in [7, 11) is 0. The number of piperidine rings is 1. The van der Waals surface area contributed by atoms with E-state index in [2.05, 4.69) is 4.90 Å². The minimum atomic E-state index is -0.599. The first-order valence-corrected chi connectivity index (χ1v) is 9.32. The van der Waals surface area contributed by atoms with Crippen LogP contribution in [-0.2, 0) is 4.84 Å². The Balaban J connectivity index is 1.26. The predicted molar refractivity (Wildman–Crippen MR) is 92.3 cm³/mol. The number of likely N-dealkylation sites (tertiary alicyclic amines) is 1. The van der Waals surface area contributed by atoms with Crippen molar-refractivity contribution < 1.29 is 19.5 Å². The van der Waals surface area contributed by atoms with Crippen LogP contribution in [-0.4, -0.2) is 65.5 Å². The highest BCUT2D eigenvalue weighted by atomic mass is 16.7. The van der Waals surface area contributed by atoms with Gasteiger partial charge in [-0.15, -0.1) is 0 Å². The smallest absolute Gasteiger partial charge is 0.277 e. The number of carbonyl (C=O) groups excluding carboxylic acids is 1. The molecule has 2 heterocycles. The molecule has 6 nitrogen and oxygen atoms in total. The van der Waals surface area contributed by atoms with Crippen molar-refractivity contribution in [2.24, 2.45) is 0 Å². The van der Waals surface area contributed by atoms with E-state index < -0.39 is 6.10 Å². The summed E-state index contributed by atoms with van der Waals surface area (Å²) < 4.78 is 6.03. The second kappa shape index (κ2) is 7.32. The summed E-state index contributed by atoms with van der Waals surface area (Å²) in [5, 5.41) is 10.7. The monoisotopic (exact) mass is 346 g/mol. The van der Waals surface area contributed by atoms with E-state index in [0.29, 0.717) is 11.6 Å². The molecule has 3 aliphatic rings. The lowest BCUT2D eigenvalue weighted by Gasteiger charge is -2.44. The largest absolute Gasteiger partial charge is 0.490 e. The van der Waals surface area contributed by atoms with Crippen LogP contribution >= 0.6 is 0 Å². The third-order valence-corrected chi connectivity index (χ3v) is 5.41. The molecule has 3 fully saturated rings. The molecular formula is C19H26N2O4. The molecule has 0 spiro atoms. The van der Waals surface area contributed by atoms with Crippen molar-refractivity contribution in [2.75, 3.05) is 26.2 Å². The quantitative estimate of drug-likeness (QED) is 0.901. The Labute approximate surface area is 148 Å². The highest BCUT2D eigenvalue weighted by Crippen LogP contribution is 2.31. The minimum absolute atomic E-state index is 0.173. The maximum Gasteiger partial charge on any atom is 0.277 e. The zero-order valence-corrected chi connectivity index (χ0v) is 14.5. The van der Waals surface area contributed by atoms with Gasteiger partial charge < -0.3 is 14.7 Å². The van der Waals surface area contributed by atoms with Gasteiger partial charge in [-0.1, -0.05) is 6.42 Å². The number of rotatable bonds is 4. The van der Waals surface area contributed by atoms with E-state index in [1.807, 2.05) is 12.1 Å². The molecule has 0 aromatic heterocycles. The first-order valence-electron chi connectivity index (χ1n) is 9.32. The summed E-state index contributed by atoms with van der Waals surface area (Å²) in [5.74, 6) is 0.581. The standard InChI is InChI=1S/C19H26N2O4/c22-16-12-21(24-13-16)19(23)14-4-6-17(7-5-14)25-18-10-15(11-18)20-8-2-1-3-9-20/h4-7,15-16,18,22H,1-3,8-13H2/t15-,16?,18-. The zero-order valence-electron chi connectivity index (χ0n) is 14.5. The number of carbonyl (C=O) groups is 1. The average Bonchev–Trinajstić information content (AvgIpc) is 3.05. The molecule has 6 heteroatoms. The van der Waals surface area contributed by atoms with E-state index >= 15 is 0 Å². The van der Waals surface area contributed by atoms with Crippen molar-refractivity contribution in [3.63, 3.8) is 0 Å². The summed E-state index contributed by atoms with van der Waals surface area (Å²) in [4.78, 5) is 20.0. The third-order valence-electron chi connectivity index (χ3n) is 5.41. The fourth-order valence-corrected chi connectivity index (χ4v) is 3.84. The van der Waals surface area contributed by atoms with Crippen LogP contribution in [0, 0.1) is 0 Å². The van der Waals surface area contributed by atoms with Gasteiger partial charge in [-0.2, -0.15) is 0 Å². The molecule has 4 rings (SSSR count). The molecule has 0 radical (unpaired) electrons. The molecule has 2 saturated heterocycles.